The van der Waals surface area contributed by atoms with Crippen molar-refractivity contribution in [2.24, 2.45) is 5.92 Å². The maximum atomic E-state index is 10.1. The van der Waals surface area contributed by atoms with Crippen molar-refractivity contribution in [3.63, 3.8) is 0 Å². The van der Waals surface area contributed by atoms with Crippen LogP contribution in [0, 0.1) is 5.92 Å². The van der Waals surface area contributed by atoms with Gasteiger partial charge >= 0.3 is 0 Å². The quantitative estimate of drug-likeness (QED) is 0.846. The Kier molecular flexibility index (Phi) is 4.58. The highest BCUT2D eigenvalue weighted by atomic mass is 16.5. The van der Waals surface area contributed by atoms with E-state index in [1.165, 1.54) is 5.56 Å². The van der Waals surface area contributed by atoms with E-state index in [0.717, 1.165) is 12.2 Å². The van der Waals surface area contributed by atoms with Gasteiger partial charge in [0.05, 0.1) is 12.7 Å². The molecule has 2 heteroatoms. The maximum absolute atomic E-state index is 10.1. The summed E-state index contributed by atoms with van der Waals surface area (Å²) in [4.78, 5) is 0. The van der Waals surface area contributed by atoms with E-state index in [2.05, 4.69) is 26.0 Å². The molecule has 0 fully saturated rings. The van der Waals surface area contributed by atoms with Crippen molar-refractivity contribution < 1.29 is 9.84 Å². The van der Waals surface area contributed by atoms with Crippen molar-refractivity contribution in [3.8, 4) is 5.75 Å². The van der Waals surface area contributed by atoms with Gasteiger partial charge in [-0.05, 0) is 49.8 Å². The third-order valence-electron chi connectivity index (χ3n) is 3.68. The van der Waals surface area contributed by atoms with Crippen molar-refractivity contribution in [1.29, 1.82) is 0 Å². The van der Waals surface area contributed by atoms with Crippen LogP contribution in [-0.4, -0.2) is 17.8 Å². The number of hydrogen-bond donors (Lipinski definition) is 1. The number of benzene rings is 1. The number of ether oxygens (including phenoxy) is 1. The van der Waals surface area contributed by atoms with Crippen LogP contribution in [0.5, 0.6) is 5.75 Å². The van der Waals surface area contributed by atoms with Crippen LogP contribution in [0.25, 0.3) is 0 Å². The highest BCUT2D eigenvalue weighted by Gasteiger charge is 2.30. The first kappa shape index (κ1) is 14.0. The molecule has 0 bridgehead atoms. The van der Waals surface area contributed by atoms with Crippen molar-refractivity contribution in [2.45, 2.75) is 45.6 Å². The van der Waals surface area contributed by atoms with Crippen LogP contribution >= 0.6 is 0 Å². The van der Waals surface area contributed by atoms with E-state index < -0.39 is 5.60 Å². The van der Waals surface area contributed by atoms with Crippen molar-refractivity contribution in [1.82, 2.24) is 0 Å². The fourth-order valence-corrected chi connectivity index (χ4v) is 2.24. The van der Waals surface area contributed by atoms with E-state index in [-0.39, 0.29) is 5.92 Å². The molecule has 2 atom stereocenters. The van der Waals surface area contributed by atoms with Gasteiger partial charge in [-0.3, -0.25) is 0 Å². The van der Waals surface area contributed by atoms with Crippen LogP contribution in [0.2, 0.25) is 0 Å². The molecule has 0 spiro atoms. The molecule has 1 N–H and O–H groups in total. The van der Waals surface area contributed by atoms with Crippen molar-refractivity contribution in [3.05, 3.63) is 29.8 Å². The van der Waals surface area contributed by atoms with Crippen LogP contribution < -0.4 is 4.74 Å². The summed E-state index contributed by atoms with van der Waals surface area (Å²) in [5, 5.41) is 10.1. The van der Waals surface area contributed by atoms with Crippen LogP contribution in [0.3, 0.4) is 0 Å². The normalized spacial score (nSPS) is 15.4. The van der Waals surface area contributed by atoms with E-state index in [4.69, 9.17) is 4.74 Å². The summed E-state index contributed by atoms with van der Waals surface area (Å²) in [6.45, 7) is 8.01. The van der Waals surface area contributed by atoms with Gasteiger partial charge in [0.15, 0.2) is 0 Å². The summed E-state index contributed by atoms with van der Waals surface area (Å²) < 4.78 is 5.25. The first-order chi connectivity index (χ1) is 7.90. The monoisotopic (exact) mass is 236 g/mol. The Morgan fingerprint density at radius 2 is 2.00 bits per heavy atom. The zero-order valence-electron chi connectivity index (χ0n) is 11.5. The first-order valence-corrected chi connectivity index (χ1v) is 6.26. The van der Waals surface area contributed by atoms with Gasteiger partial charge in [0.25, 0.3) is 0 Å². The van der Waals surface area contributed by atoms with Crippen molar-refractivity contribution in [2.75, 3.05) is 7.11 Å². The lowest BCUT2D eigenvalue weighted by atomic mass is 9.76. The van der Waals surface area contributed by atoms with Gasteiger partial charge in [0.1, 0.15) is 5.75 Å². The molecule has 1 rings (SSSR count). The summed E-state index contributed by atoms with van der Waals surface area (Å²) in [6.07, 6.45) is 1.01. The number of methoxy groups -OCH3 is 1. The summed E-state index contributed by atoms with van der Waals surface area (Å²) in [7, 11) is 1.68. The van der Waals surface area contributed by atoms with Crippen LogP contribution in [-0.2, 0) is 0 Å². The minimum atomic E-state index is -0.663. The predicted octanol–water partition coefficient (Wildman–Crippen LogP) is 3.60. The van der Waals surface area contributed by atoms with E-state index in [0.29, 0.717) is 5.92 Å². The summed E-state index contributed by atoms with van der Waals surface area (Å²) >= 11 is 0. The molecule has 2 nitrogen and oxygen atoms in total. The lowest BCUT2D eigenvalue weighted by Crippen LogP contribution is -2.33. The Morgan fingerprint density at radius 1 is 1.35 bits per heavy atom. The van der Waals surface area contributed by atoms with Crippen LogP contribution in [0.4, 0.5) is 0 Å². The molecule has 0 saturated carbocycles. The van der Waals surface area contributed by atoms with Gasteiger partial charge < -0.3 is 9.84 Å². The Hall–Kier alpha value is -1.02. The molecular formula is C15H24O2. The molecule has 17 heavy (non-hydrogen) atoms. The molecule has 96 valence electrons. The number of hydrogen-bond acceptors (Lipinski definition) is 2. The average Bonchev–Trinajstić information content (AvgIpc) is 2.29. The highest BCUT2D eigenvalue weighted by Crippen LogP contribution is 2.35. The lowest BCUT2D eigenvalue weighted by molar-refractivity contribution is 0.0122. The van der Waals surface area contributed by atoms with Gasteiger partial charge in [-0.25, -0.2) is 0 Å². The molecule has 1 unspecified atom stereocenters. The molecule has 0 saturated heterocycles. The zero-order valence-corrected chi connectivity index (χ0v) is 11.5. The lowest BCUT2D eigenvalue weighted by Gasteiger charge is -2.33. The molecular weight excluding hydrogens is 212 g/mol. The van der Waals surface area contributed by atoms with E-state index in [9.17, 15) is 5.11 Å². The Bertz CT molecular complexity index is 352. The summed E-state index contributed by atoms with van der Waals surface area (Å²) in [5.41, 5.74) is 0.575. The molecule has 0 aromatic heterocycles. The largest absolute Gasteiger partial charge is 0.497 e. The molecule has 1 aromatic rings. The number of aliphatic hydroxyl groups is 1. The fraction of sp³-hybridized carbons (Fsp3) is 0.600. The molecule has 0 radical (unpaired) electrons. The SMILES string of the molecule is CCC(c1cccc(OC)c1)[C@@H](C)C(C)(C)O. The summed E-state index contributed by atoms with van der Waals surface area (Å²) in [5.74, 6) is 1.44. The van der Waals surface area contributed by atoms with Gasteiger partial charge in [-0.2, -0.15) is 0 Å². The summed E-state index contributed by atoms with van der Waals surface area (Å²) in [6, 6.07) is 8.13. The Balaban J connectivity index is 3.01. The van der Waals surface area contributed by atoms with Gasteiger partial charge in [-0.15, -0.1) is 0 Å². The third kappa shape index (κ3) is 3.47. The van der Waals surface area contributed by atoms with Gasteiger partial charge in [-0.1, -0.05) is 26.0 Å². The van der Waals surface area contributed by atoms with Crippen molar-refractivity contribution >= 4 is 0 Å². The topological polar surface area (TPSA) is 29.5 Å². The number of rotatable bonds is 5. The second-order valence-corrected chi connectivity index (χ2v) is 5.23. The molecule has 0 amide bonds. The fourth-order valence-electron chi connectivity index (χ4n) is 2.24. The molecule has 0 aliphatic carbocycles. The third-order valence-corrected chi connectivity index (χ3v) is 3.68. The van der Waals surface area contributed by atoms with E-state index in [1.807, 2.05) is 26.0 Å². The standard InChI is InChI=1S/C15H24O2/c1-6-14(11(2)15(3,4)16)12-8-7-9-13(10-12)17-5/h7-11,14,16H,6H2,1-5H3/t11-,14?/m1/s1. The molecule has 0 heterocycles. The van der Waals surface area contributed by atoms with Gasteiger partial charge in [0.2, 0.25) is 0 Å². The Labute approximate surface area is 105 Å². The van der Waals surface area contributed by atoms with Crippen LogP contribution in [0.1, 0.15) is 45.6 Å². The predicted molar refractivity (Wildman–Crippen MR) is 71.5 cm³/mol. The first-order valence-electron chi connectivity index (χ1n) is 6.26. The molecule has 1 aromatic carbocycles. The zero-order chi connectivity index (χ0) is 13.1. The van der Waals surface area contributed by atoms with Gasteiger partial charge in [0, 0.05) is 0 Å². The second kappa shape index (κ2) is 5.54. The Morgan fingerprint density at radius 3 is 2.47 bits per heavy atom. The molecule has 0 aliphatic heterocycles. The second-order valence-electron chi connectivity index (χ2n) is 5.23. The van der Waals surface area contributed by atoms with E-state index in [1.54, 1.807) is 7.11 Å². The minimum absolute atomic E-state index is 0.208. The van der Waals surface area contributed by atoms with Crippen LogP contribution in [0.15, 0.2) is 24.3 Å². The van der Waals surface area contributed by atoms with E-state index >= 15 is 0 Å². The smallest absolute Gasteiger partial charge is 0.119 e. The minimum Gasteiger partial charge on any atom is -0.497 e. The average molecular weight is 236 g/mol. The maximum Gasteiger partial charge on any atom is 0.119 e. The molecule has 0 aliphatic rings. The highest BCUT2D eigenvalue weighted by molar-refractivity contribution is 5.31.